The number of pyridine rings is 1. The number of ether oxygens (including phenoxy) is 1. The number of carboxylic acid groups (broad SMARTS) is 1. The second kappa shape index (κ2) is 10.4. The highest BCUT2D eigenvalue weighted by Crippen LogP contribution is 2.33. The normalized spacial score (nSPS) is 10.7. The summed E-state index contributed by atoms with van der Waals surface area (Å²) >= 11 is 0. The largest absolute Gasteiger partial charge is 0.480 e. The van der Waals surface area contributed by atoms with Crippen molar-refractivity contribution >= 4 is 11.8 Å². The molecule has 0 unspecified atom stereocenters. The Balaban J connectivity index is 1.74. The predicted molar refractivity (Wildman–Crippen MR) is 116 cm³/mol. The summed E-state index contributed by atoms with van der Waals surface area (Å²) in [5.74, 6) is -0.0201. The van der Waals surface area contributed by atoms with Crippen molar-refractivity contribution in [2.24, 2.45) is 0 Å². The summed E-state index contributed by atoms with van der Waals surface area (Å²) in [5.41, 5.74) is 4.56. The van der Waals surface area contributed by atoms with Crippen molar-refractivity contribution in [2.75, 3.05) is 31.7 Å². The standard InChI is InChI=1S/C24H26N2O3/c1-26(14-8-9-15-29-18-24(27)28)23-16-21(19-10-4-2-5-11-19)22(17-25-23)20-12-6-3-7-13-20/h2-7,10-13,16-17H,8-9,14-15,18H2,1H3,(H,27,28). The number of aromatic nitrogens is 1. The molecule has 29 heavy (non-hydrogen) atoms. The zero-order chi connectivity index (χ0) is 20.5. The molecule has 0 aliphatic heterocycles. The van der Waals surface area contributed by atoms with Crippen LogP contribution in [0.25, 0.3) is 22.3 Å². The Kier molecular flexibility index (Phi) is 7.36. The molecular weight excluding hydrogens is 364 g/mol. The molecule has 0 bridgehead atoms. The van der Waals surface area contributed by atoms with E-state index in [2.05, 4.69) is 35.2 Å². The number of hydrogen-bond acceptors (Lipinski definition) is 4. The molecule has 0 atom stereocenters. The molecule has 0 aliphatic rings. The summed E-state index contributed by atoms with van der Waals surface area (Å²) in [5, 5.41) is 8.59. The fourth-order valence-corrected chi connectivity index (χ4v) is 3.18. The van der Waals surface area contributed by atoms with Crippen LogP contribution in [0.1, 0.15) is 12.8 Å². The zero-order valence-electron chi connectivity index (χ0n) is 16.6. The van der Waals surface area contributed by atoms with E-state index in [1.165, 1.54) is 0 Å². The fraction of sp³-hybridized carbons (Fsp3) is 0.250. The minimum atomic E-state index is -0.932. The van der Waals surface area contributed by atoms with Crippen LogP contribution in [0.15, 0.2) is 72.9 Å². The third-order valence-corrected chi connectivity index (χ3v) is 4.71. The van der Waals surface area contributed by atoms with E-state index >= 15 is 0 Å². The Hall–Kier alpha value is -3.18. The van der Waals surface area contributed by atoms with Crippen LogP contribution in [-0.2, 0) is 9.53 Å². The van der Waals surface area contributed by atoms with Gasteiger partial charge in [-0.2, -0.15) is 0 Å². The molecule has 3 aromatic rings. The number of rotatable bonds is 10. The average molecular weight is 390 g/mol. The molecule has 5 nitrogen and oxygen atoms in total. The Morgan fingerprint density at radius 2 is 1.59 bits per heavy atom. The molecule has 3 rings (SSSR count). The van der Waals surface area contributed by atoms with E-state index < -0.39 is 5.97 Å². The Bertz CT molecular complexity index is 914. The van der Waals surface area contributed by atoms with Gasteiger partial charge in [0.15, 0.2) is 0 Å². The molecule has 0 spiro atoms. The second-order valence-electron chi connectivity index (χ2n) is 6.90. The maximum absolute atomic E-state index is 10.5. The maximum atomic E-state index is 10.5. The number of aliphatic carboxylic acids is 1. The third-order valence-electron chi connectivity index (χ3n) is 4.71. The highest BCUT2D eigenvalue weighted by molar-refractivity contribution is 5.84. The van der Waals surface area contributed by atoms with Crippen molar-refractivity contribution in [3.8, 4) is 22.3 Å². The van der Waals surface area contributed by atoms with Crippen molar-refractivity contribution < 1.29 is 14.6 Å². The van der Waals surface area contributed by atoms with Crippen molar-refractivity contribution in [1.29, 1.82) is 0 Å². The highest BCUT2D eigenvalue weighted by atomic mass is 16.5. The molecule has 150 valence electrons. The van der Waals surface area contributed by atoms with Crippen LogP contribution in [0.3, 0.4) is 0 Å². The smallest absolute Gasteiger partial charge is 0.329 e. The van der Waals surface area contributed by atoms with E-state index in [0.717, 1.165) is 47.5 Å². The van der Waals surface area contributed by atoms with Gasteiger partial charge >= 0.3 is 5.97 Å². The molecule has 0 amide bonds. The molecular formula is C24H26N2O3. The summed E-state index contributed by atoms with van der Waals surface area (Å²) < 4.78 is 5.09. The van der Waals surface area contributed by atoms with E-state index in [-0.39, 0.29) is 6.61 Å². The third kappa shape index (κ3) is 5.90. The van der Waals surface area contributed by atoms with Gasteiger partial charge in [0.2, 0.25) is 0 Å². The van der Waals surface area contributed by atoms with E-state index in [1.807, 2.05) is 49.6 Å². The number of benzene rings is 2. The van der Waals surface area contributed by atoms with Gasteiger partial charge in [-0.3, -0.25) is 0 Å². The molecule has 1 aromatic heterocycles. The van der Waals surface area contributed by atoms with Gasteiger partial charge in [0.1, 0.15) is 12.4 Å². The van der Waals surface area contributed by atoms with Gasteiger partial charge in [0.05, 0.1) is 0 Å². The van der Waals surface area contributed by atoms with Crippen LogP contribution >= 0.6 is 0 Å². The Morgan fingerprint density at radius 1 is 0.966 bits per heavy atom. The van der Waals surface area contributed by atoms with E-state index in [0.29, 0.717) is 6.61 Å². The number of nitrogens with zero attached hydrogens (tertiary/aromatic N) is 2. The summed E-state index contributed by atoms with van der Waals surface area (Å²) in [6.07, 6.45) is 3.66. The molecule has 5 heteroatoms. The Labute approximate surface area is 171 Å². The average Bonchev–Trinajstić information content (AvgIpc) is 2.76. The van der Waals surface area contributed by atoms with Gasteiger partial charge in [0.25, 0.3) is 0 Å². The first-order chi connectivity index (χ1) is 14.1. The number of unbranched alkanes of at least 4 members (excludes halogenated alkanes) is 1. The molecule has 0 radical (unpaired) electrons. The van der Waals surface area contributed by atoms with Gasteiger partial charge in [-0.1, -0.05) is 60.7 Å². The number of hydrogen-bond donors (Lipinski definition) is 1. The lowest BCUT2D eigenvalue weighted by atomic mass is 9.96. The van der Waals surface area contributed by atoms with Crippen molar-refractivity contribution in [1.82, 2.24) is 4.98 Å². The van der Waals surface area contributed by atoms with Gasteiger partial charge in [-0.15, -0.1) is 0 Å². The lowest BCUT2D eigenvalue weighted by Crippen LogP contribution is -2.20. The highest BCUT2D eigenvalue weighted by Gasteiger charge is 2.12. The van der Waals surface area contributed by atoms with Crippen LogP contribution in [0.2, 0.25) is 0 Å². The monoisotopic (exact) mass is 390 g/mol. The summed E-state index contributed by atoms with van der Waals surface area (Å²) in [6, 6.07) is 22.8. The van der Waals surface area contributed by atoms with Crippen LogP contribution in [0.4, 0.5) is 5.82 Å². The summed E-state index contributed by atoms with van der Waals surface area (Å²) in [4.78, 5) is 17.3. The minimum Gasteiger partial charge on any atom is -0.480 e. The van der Waals surface area contributed by atoms with Crippen molar-refractivity contribution in [3.05, 3.63) is 72.9 Å². The lowest BCUT2D eigenvalue weighted by molar-refractivity contribution is -0.142. The van der Waals surface area contributed by atoms with Gasteiger partial charge < -0.3 is 14.7 Å². The topological polar surface area (TPSA) is 62.7 Å². The first kappa shape index (κ1) is 20.6. The fourth-order valence-electron chi connectivity index (χ4n) is 3.18. The first-order valence-electron chi connectivity index (χ1n) is 9.76. The van der Waals surface area contributed by atoms with Crippen molar-refractivity contribution in [3.63, 3.8) is 0 Å². The molecule has 0 saturated carbocycles. The number of carboxylic acids is 1. The SMILES string of the molecule is CN(CCCCOCC(=O)O)c1cc(-c2ccccc2)c(-c2ccccc2)cn1. The Morgan fingerprint density at radius 3 is 2.21 bits per heavy atom. The van der Waals surface area contributed by atoms with Crippen LogP contribution < -0.4 is 4.90 Å². The van der Waals surface area contributed by atoms with Gasteiger partial charge in [-0.25, -0.2) is 9.78 Å². The predicted octanol–water partition coefficient (Wildman–Crippen LogP) is 4.73. The van der Waals surface area contributed by atoms with E-state index in [9.17, 15) is 4.79 Å². The maximum Gasteiger partial charge on any atom is 0.329 e. The van der Waals surface area contributed by atoms with Crippen LogP contribution in [0.5, 0.6) is 0 Å². The number of anilines is 1. The van der Waals surface area contributed by atoms with E-state index in [4.69, 9.17) is 14.8 Å². The lowest BCUT2D eigenvalue weighted by Gasteiger charge is -2.20. The number of carbonyl (C=O) groups is 1. The van der Waals surface area contributed by atoms with Crippen molar-refractivity contribution in [2.45, 2.75) is 12.8 Å². The zero-order valence-corrected chi connectivity index (χ0v) is 16.6. The van der Waals surface area contributed by atoms with Crippen LogP contribution in [0, 0.1) is 0 Å². The summed E-state index contributed by atoms with van der Waals surface area (Å²) in [6.45, 7) is 1.04. The quantitative estimate of drug-likeness (QED) is 0.507. The molecule has 2 aromatic carbocycles. The summed E-state index contributed by atoms with van der Waals surface area (Å²) in [7, 11) is 2.03. The van der Waals surface area contributed by atoms with Gasteiger partial charge in [0, 0.05) is 32.0 Å². The molecule has 0 fully saturated rings. The molecule has 0 aliphatic carbocycles. The first-order valence-corrected chi connectivity index (χ1v) is 9.76. The second-order valence-corrected chi connectivity index (χ2v) is 6.90. The van der Waals surface area contributed by atoms with Crippen LogP contribution in [-0.4, -0.2) is 42.9 Å². The molecule has 1 heterocycles. The van der Waals surface area contributed by atoms with Gasteiger partial charge in [-0.05, 0) is 35.6 Å². The van der Waals surface area contributed by atoms with E-state index in [1.54, 1.807) is 0 Å². The molecule has 1 N–H and O–H groups in total. The minimum absolute atomic E-state index is 0.237. The molecule has 0 saturated heterocycles.